The molecule has 0 spiro atoms. The molecular formula is C12H18N2O3. The predicted octanol–water partition coefficient (Wildman–Crippen LogP) is 1.18. The van der Waals surface area contributed by atoms with Crippen LogP contribution in [0.4, 0.5) is 0 Å². The summed E-state index contributed by atoms with van der Waals surface area (Å²) in [5.74, 6) is 1.30. The summed E-state index contributed by atoms with van der Waals surface area (Å²) in [7, 11) is 1.60. The number of hydrogen-bond acceptors (Lipinski definition) is 4. The van der Waals surface area contributed by atoms with Crippen molar-refractivity contribution < 1.29 is 14.1 Å². The maximum absolute atomic E-state index is 11.9. The van der Waals surface area contributed by atoms with E-state index < -0.39 is 0 Å². The molecule has 1 aliphatic carbocycles. The van der Waals surface area contributed by atoms with Crippen molar-refractivity contribution in [1.29, 1.82) is 0 Å². The molecule has 0 saturated carbocycles. The van der Waals surface area contributed by atoms with Crippen LogP contribution in [0.25, 0.3) is 0 Å². The Hall–Kier alpha value is -1.36. The number of aromatic nitrogens is 1. The van der Waals surface area contributed by atoms with Crippen LogP contribution in [0.5, 0.6) is 0 Å². The number of amides is 1. The zero-order chi connectivity index (χ0) is 12.3. The summed E-state index contributed by atoms with van der Waals surface area (Å²) < 4.78 is 10.1. The van der Waals surface area contributed by atoms with Crippen LogP contribution < -0.4 is 5.32 Å². The number of rotatable bonds is 4. The number of carbonyl (C=O) groups is 1. The quantitative estimate of drug-likeness (QED) is 0.800. The minimum absolute atomic E-state index is 0.166. The molecule has 0 saturated heterocycles. The lowest BCUT2D eigenvalue weighted by atomic mass is 9.88. The van der Waals surface area contributed by atoms with Crippen molar-refractivity contribution in [1.82, 2.24) is 10.5 Å². The smallest absolute Gasteiger partial charge is 0.273 e. The highest BCUT2D eigenvalue weighted by Crippen LogP contribution is 2.27. The van der Waals surface area contributed by atoms with Gasteiger partial charge in [-0.05, 0) is 18.8 Å². The molecule has 5 nitrogen and oxygen atoms in total. The van der Waals surface area contributed by atoms with Gasteiger partial charge in [0.2, 0.25) is 0 Å². The highest BCUT2D eigenvalue weighted by Gasteiger charge is 2.26. The van der Waals surface area contributed by atoms with Gasteiger partial charge < -0.3 is 14.6 Å². The molecule has 17 heavy (non-hydrogen) atoms. The van der Waals surface area contributed by atoms with E-state index in [0.29, 0.717) is 24.8 Å². The first-order valence-corrected chi connectivity index (χ1v) is 5.97. The van der Waals surface area contributed by atoms with Gasteiger partial charge in [-0.3, -0.25) is 4.79 Å². The zero-order valence-corrected chi connectivity index (χ0v) is 10.3. The number of nitrogens with one attached hydrogen (secondary N) is 1. The maximum Gasteiger partial charge on any atom is 0.273 e. The first-order chi connectivity index (χ1) is 8.22. The molecule has 1 heterocycles. The Morgan fingerprint density at radius 1 is 1.65 bits per heavy atom. The minimum Gasteiger partial charge on any atom is -0.383 e. The number of aryl methyl sites for hydroxylation is 1. The molecule has 0 aliphatic heterocycles. The molecule has 2 rings (SSSR count). The van der Waals surface area contributed by atoms with Gasteiger partial charge in [0.15, 0.2) is 5.69 Å². The third kappa shape index (κ3) is 2.66. The third-order valence-corrected chi connectivity index (χ3v) is 3.09. The molecule has 1 amide bonds. The van der Waals surface area contributed by atoms with Crippen LogP contribution in [0.2, 0.25) is 0 Å². The molecule has 5 heteroatoms. The molecule has 1 atom stereocenters. The van der Waals surface area contributed by atoms with E-state index in [9.17, 15) is 4.79 Å². The van der Waals surface area contributed by atoms with Crippen LogP contribution in [0.15, 0.2) is 4.52 Å². The standard InChI is InChI=1S/C12H18N2O3/c1-8-3-4-10-9(7-8)11(14-17-10)12(15)13-5-6-16-2/h8H,3-7H2,1-2H3,(H,13,15)/t8-/m0/s1. The summed E-state index contributed by atoms with van der Waals surface area (Å²) in [6, 6.07) is 0. The normalized spacial score (nSPS) is 18.8. The molecule has 0 fully saturated rings. The number of fused-ring (bicyclic) bond motifs is 1. The Bertz CT molecular complexity index is 400. The summed E-state index contributed by atoms with van der Waals surface area (Å²) in [6.45, 7) is 3.18. The highest BCUT2D eigenvalue weighted by atomic mass is 16.5. The Morgan fingerprint density at radius 2 is 2.47 bits per heavy atom. The molecule has 0 unspecified atom stereocenters. The van der Waals surface area contributed by atoms with Crippen LogP contribution in [-0.2, 0) is 17.6 Å². The second kappa shape index (κ2) is 5.31. The Kier molecular flexibility index (Phi) is 3.78. The average molecular weight is 238 g/mol. The van der Waals surface area contributed by atoms with Crippen molar-refractivity contribution in [3.8, 4) is 0 Å². The molecule has 1 aromatic heterocycles. The fraction of sp³-hybridized carbons (Fsp3) is 0.667. The van der Waals surface area contributed by atoms with E-state index in [1.165, 1.54) is 0 Å². The van der Waals surface area contributed by atoms with Crippen molar-refractivity contribution in [2.24, 2.45) is 5.92 Å². The minimum atomic E-state index is -0.166. The lowest BCUT2D eigenvalue weighted by Crippen LogP contribution is -2.28. The lowest BCUT2D eigenvalue weighted by Gasteiger charge is -2.16. The topological polar surface area (TPSA) is 64.4 Å². The molecule has 0 aromatic carbocycles. The van der Waals surface area contributed by atoms with E-state index in [-0.39, 0.29) is 5.91 Å². The summed E-state index contributed by atoms with van der Waals surface area (Å²) in [5.41, 5.74) is 1.43. The van der Waals surface area contributed by atoms with Gasteiger partial charge in [-0.25, -0.2) is 0 Å². The third-order valence-electron chi connectivity index (χ3n) is 3.09. The van der Waals surface area contributed by atoms with E-state index in [2.05, 4.69) is 17.4 Å². The largest absolute Gasteiger partial charge is 0.383 e. The second-order valence-electron chi connectivity index (χ2n) is 4.53. The maximum atomic E-state index is 11.9. The van der Waals surface area contributed by atoms with E-state index in [0.717, 1.165) is 30.6 Å². The number of ether oxygens (including phenoxy) is 1. The van der Waals surface area contributed by atoms with Crippen molar-refractivity contribution in [3.63, 3.8) is 0 Å². The molecule has 1 aromatic rings. The van der Waals surface area contributed by atoms with Gasteiger partial charge in [0.25, 0.3) is 5.91 Å². The predicted molar refractivity (Wildman–Crippen MR) is 61.9 cm³/mol. The van der Waals surface area contributed by atoms with Gasteiger partial charge in [-0.15, -0.1) is 0 Å². The zero-order valence-electron chi connectivity index (χ0n) is 10.3. The summed E-state index contributed by atoms with van der Waals surface area (Å²) >= 11 is 0. The SMILES string of the molecule is COCCNC(=O)c1noc2c1C[C@@H](C)CC2. The van der Waals surface area contributed by atoms with Crippen molar-refractivity contribution >= 4 is 5.91 Å². The molecule has 0 bridgehead atoms. The van der Waals surface area contributed by atoms with Gasteiger partial charge >= 0.3 is 0 Å². The van der Waals surface area contributed by atoms with E-state index in [1.54, 1.807) is 7.11 Å². The van der Waals surface area contributed by atoms with Gasteiger partial charge in [-0.2, -0.15) is 0 Å². The first-order valence-electron chi connectivity index (χ1n) is 5.97. The fourth-order valence-electron chi connectivity index (χ4n) is 2.11. The molecule has 1 N–H and O–H groups in total. The van der Waals surface area contributed by atoms with Crippen LogP contribution in [0.1, 0.15) is 35.2 Å². The molecule has 94 valence electrons. The Labute approximate surface area is 101 Å². The number of carbonyl (C=O) groups excluding carboxylic acids is 1. The monoisotopic (exact) mass is 238 g/mol. The van der Waals surface area contributed by atoms with E-state index in [1.807, 2.05) is 0 Å². The van der Waals surface area contributed by atoms with Crippen molar-refractivity contribution in [2.75, 3.05) is 20.3 Å². The fourth-order valence-corrected chi connectivity index (χ4v) is 2.11. The van der Waals surface area contributed by atoms with Crippen molar-refractivity contribution in [3.05, 3.63) is 17.0 Å². The van der Waals surface area contributed by atoms with E-state index >= 15 is 0 Å². The van der Waals surface area contributed by atoms with Crippen LogP contribution in [-0.4, -0.2) is 31.3 Å². The average Bonchev–Trinajstić information content (AvgIpc) is 2.72. The van der Waals surface area contributed by atoms with Gasteiger partial charge in [0.1, 0.15) is 5.76 Å². The molecule has 1 aliphatic rings. The Balaban J connectivity index is 2.06. The molecule has 0 radical (unpaired) electrons. The van der Waals surface area contributed by atoms with Crippen LogP contribution in [0.3, 0.4) is 0 Å². The van der Waals surface area contributed by atoms with Crippen molar-refractivity contribution in [2.45, 2.75) is 26.2 Å². The lowest BCUT2D eigenvalue weighted by molar-refractivity contribution is 0.0927. The van der Waals surface area contributed by atoms with Crippen LogP contribution >= 0.6 is 0 Å². The van der Waals surface area contributed by atoms with Gasteiger partial charge in [0, 0.05) is 25.6 Å². The van der Waals surface area contributed by atoms with Gasteiger partial charge in [-0.1, -0.05) is 12.1 Å². The van der Waals surface area contributed by atoms with Crippen LogP contribution in [0, 0.1) is 5.92 Å². The number of methoxy groups -OCH3 is 1. The van der Waals surface area contributed by atoms with E-state index in [4.69, 9.17) is 9.26 Å². The Morgan fingerprint density at radius 3 is 3.24 bits per heavy atom. The summed E-state index contributed by atoms with van der Waals surface area (Å²) in [4.78, 5) is 11.9. The van der Waals surface area contributed by atoms with Gasteiger partial charge in [0.05, 0.1) is 6.61 Å². The first kappa shape index (κ1) is 12.1. The number of hydrogen-bond donors (Lipinski definition) is 1. The summed E-state index contributed by atoms with van der Waals surface area (Å²) in [6.07, 6.45) is 2.87. The highest BCUT2D eigenvalue weighted by molar-refractivity contribution is 5.93. The second-order valence-corrected chi connectivity index (χ2v) is 4.53. The number of nitrogens with zero attached hydrogens (tertiary/aromatic N) is 1. The summed E-state index contributed by atoms with van der Waals surface area (Å²) in [5, 5.41) is 6.65. The molecular weight excluding hydrogens is 220 g/mol.